The average Bonchev–Trinajstić information content (AvgIpc) is 2.77. The van der Waals surface area contributed by atoms with Crippen molar-refractivity contribution in [1.82, 2.24) is 14.9 Å². The molecule has 1 fully saturated rings. The smallest absolute Gasteiger partial charge is 0.264 e. The second-order valence-corrected chi connectivity index (χ2v) is 5.98. The third kappa shape index (κ3) is 3.49. The molecule has 1 heterocycles. The van der Waals surface area contributed by atoms with Crippen molar-refractivity contribution in [2.45, 2.75) is 45.4 Å². The van der Waals surface area contributed by atoms with Crippen LogP contribution in [0.3, 0.4) is 0 Å². The maximum atomic E-state index is 11.8. The lowest BCUT2D eigenvalue weighted by Gasteiger charge is -2.28. The Balaban J connectivity index is 1.86. The van der Waals surface area contributed by atoms with Crippen molar-refractivity contribution in [3.05, 3.63) is 11.1 Å². The molecule has 5 heteroatoms. The van der Waals surface area contributed by atoms with E-state index in [4.69, 9.17) is 0 Å². The first-order chi connectivity index (χ1) is 8.20. The van der Waals surface area contributed by atoms with E-state index in [1.165, 1.54) is 44.7 Å². The third-order valence-corrected chi connectivity index (χ3v) is 4.23. The fraction of sp³-hybridized carbons (Fsp3) is 0.750. The molecule has 1 N–H and O–H groups in total. The number of carbonyl (C=O) groups is 1. The number of amides is 1. The van der Waals surface area contributed by atoms with E-state index < -0.39 is 0 Å². The van der Waals surface area contributed by atoms with Crippen LogP contribution in [0.5, 0.6) is 0 Å². The quantitative estimate of drug-likeness (QED) is 0.842. The van der Waals surface area contributed by atoms with E-state index in [2.05, 4.69) is 21.8 Å². The lowest BCUT2D eigenvalue weighted by Crippen LogP contribution is -2.35. The van der Waals surface area contributed by atoms with E-state index in [1.54, 1.807) is 0 Å². The SMILES string of the molecule is CC1(CNC(=O)c2cnns2)CCCCCC1. The van der Waals surface area contributed by atoms with Gasteiger partial charge in [-0.3, -0.25) is 4.79 Å². The average molecular weight is 253 g/mol. The number of aromatic nitrogens is 2. The van der Waals surface area contributed by atoms with Crippen molar-refractivity contribution in [3.8, 4) is 0 Å². The minimum atomic E-state index is -0.0366. The minimum absolute atomic E-state index is 0.0366. The molecule has 0 aliphatic heterocycles. The van der Waals surface area contributed by atoms with Gasteiger partial charge >= 0.3 is 0 Å². The summed E-state index contributed by atoms with van der Waals surface area (Å²) < 4.78 is 3.70. The summed E-state index contributed by atoms with van der Waals surface area (Å²) in [6.07, 6.45) is 9.20. The summed E-state index contributed by atoms with van der Waals surface area (Å²) in [5.41, 5.74) is 0.268. The summed E-state index contributed by atoms with van der Waals surface area (Å²) in [7, 11) is 0. The number of nitrogens with one attached hydrogen (secondary N) is 1. The fourth-order valence-electron chi connectivity index (χ4n) is 2.41. The minimum Gasteiger partial charge on any atom is -0.351 e. The van der Waals surface area contributed by atoms with Crippen LogP contribution in [-0.4, -0.2) is 22.0 Å². The Morgan fingerprint density at radius 3 is 2.71 bits per heavy atom. The molecule has 4 nitrogen and oxygen atoms in total. The van der Waals surface area contributed by atoms with Crippen LogP contribution >= 0.6 is 11.5 Å². The van der Waals surface area contributed by atoms with Gasteiger partial charge in [-0.25, -0.2) is 0 Å². The monoisotopic (exact) mass is 253 g/mol. The summed E-state index contributed by atoms with van der Waals surface area (Å²) in [6, 6.07) is 0. The summed E-state index contributed by atoms with van der Waals surface area (Å²) in [6.45, 7) is 3.05. The Kier molecular flexibility index (Phi) is 4.10. The summed E-state index contributed by atoms with van der Waals surface area (Å²) >= 11 is 1.15. The van der Waals surface area contributed by atoms with Crippen molar-refractivity contribution in [3.63, 3.8) is 0 Å². The van der Waals surface area contributed by atoms with E-state index in [0.29, 0.717) is 4.88 Å². The van der Waals surface area contributed by atoms with Gasteiger partial charge in [0, 0.05) is 6.54 Å². The molecule has 0 atom stereocenters. The molecule has 0 bridgehead atoms. The molecule has 0 saturated heterocycles. The molecule has 94 valence electrons. The van der Waals surface area contributed by atoms with Crippen LogP contribution in [-0.2, 0) is 0 Å². The van der Waals surface area contributed by atoms with Gasteiger partial charge in [-0.05, 0) is 29.8 Å². The molecule has 0 radical (unpaired) electrons. The standard InChI is InChI=1S/C12H19N3OS/c1-12(6-4-2-3-5-7-12)9-13-11(16)10-8-14-15-17-10/h8H,2-7,9H2,1H3,(H,13,16). The summed E-state index contributed by atoms with van der Waals surface area (Å²) in [4.78, 5) is 12.4. The normalized spacial score (nSPS) is 19.6. The molecule has 2 rings (SSSR count). The maximum Gasteiger partial charge on any atom is 0.264 e. The van der Waals surface area contributed by atoms with Crippen molar-refractivity contribution in [2.75, 3.05) is 6.54 Å². The zero-order valence-electron chi connectivity index (χ0n) is 10.2. The van der Waals surface area contributed by atoms with Gasteiger partial charge in [0.1, 0.15) is 4.88 Å². The van der Waals surface area contributed by atoms with E-state index in [0.717, 1.165) is 18.1 Å². The maximum absolute atomic E-state index is 11.8. The molecule has 1 aliphatic carbocycles. The van der Waals surface area contributed by atoms with Crippen LogP contribution in [0.1, 0.15) is 55.1 Å². The van der Waals surface area contributed by atoms with Crippen LogP contribution in [0.25, 0.3) is 0 Å². The largest absolute Gasteiger partial charge is 0.351 e. The molecule has 0 spiro atoms. The molecule has 0 aromatic carbocycles. The Morgan fingerprint density at radius 1 is 1.41 bits per heavy atom. The summed E-state index contributed by atoms with van der Waals surface area (Å²) in [5, 5.41) is 6.69. The Hall–Kier alpha value is -0.970. The van der Waals surface area contributed by atoms with E-state index in [9.17, 15) is 4.79 Å². The van der Waals surface area contributed by atoms with Gasteiger partial charge < -0.3 is 5.32 Å². The molecular weight excluding hydrogens is 234 g/mol. The highest BCUT2D eigenvalue weighted by Gasteiger charge is 2.26. The predicted octanol–water partition coefficient (Wildman–Crippen LogP) is 2.63. The molecule has 1 aliphatic rings. The first kappa shape index (κ1) is 12.5. The van der Waals surface area contributed by atoms with Gasteiger partial charge in [0.25, 0.3) is 5.91 Å². The zero-order chi connectivity index (χ0) is 12.1. The van der Waals surface area contributed by atoms with Crippen LogP contribution in [0.15, 0.2) is 6.20 Å². The Labute approximate surface area is 106 Å². The van der Waals surface area contributed by atoms with Crippen molar-refractivity contribution in [2.24, 2.45) is 5.41 Å². The van der Waals surface area contributed by atoms with Crippen molar-refractivity contribution in [1.29, 1.82) is 0 Å². The topological polar surface area (TPSA) is 54.9 Å². The fourth-order valence-corrected chi connectivity index (χ4v) is 2.84. The van der Waals surface area contributed by atoms with Crippen LogP contribution in [0.2, 0.25) is 0 Å². The molecule has 1 saturated carbocycles. The highest BCUT2D eigenvalue weighted by molar-refractivity contribution is 7.07. The highest BCUT2D eigenvalue weighted by Crippen LogP contribution is 2.33. The number of nitrogens with zero attached hydrogens (tertiary/aromatic N) is 2. The summed E-state index contributed by atoms with van der Waals surface area (Å²) in [5.74, 6) is -0.0366. The third-order valence-electron chi connectivity index (χ3n) is 3.57. The van der Waals surface area contributed by atoms with E-state index in [-0.39, 0.29) is 11.3 Å². The number of carbonyl (C=O) groups excluding carboxylic acids is 1. The highest BCUT2D eigenvalue weighted by atomic mass is 32.1. The van der Waals surface area contributed by atoms with Gasteiger partial charge in [0.15, 0.2) is 0 Å². The second-order valence-electron chi connectivity index (χ2n) is 5.19. The first-order valence-electron chi connectivity index (χ1n) is 6.25. The molecule has 0 unspecified atom stereocenters. The molecule has 1 aromatic rings. The molecule has 1 aromatic heterocycles. The second kappa shape index (κ2) is 5.58. The Morgan fingerprint density at radius 2 is 2.12 bits per heavy atom. The van der Waals surface area contributed by atoms with Crippen molar-refractivity contribution >= 4 is 17.4 Å². The number of rotatable bonds is 3. The van der Waals surface area contributed by atoms with Crippen LogP contribution in [0.4, 0.5) is 0 Å². The van der Waals surface area contributed by atoms with Gasteiger partial charge in [0.2, 0.25) is 0 Å². The van der Waals surface area contributed by atoms with E-state index in [1.807, 2.05) is 0 Å². The predicted molar refractivity (Wildman–Crippen MR) is 68.1 cm³/mol. The lowest BCUT2D eigenvalue weighted by molar-refractivity contribution is 0.0932. The van der Waals surface area contributed by atoms with Crippen LogP contribution < -0.4 is 5.32 Å². The van der Waals surface area contributed by atoms with Gasteiger partial charge in [-0.15, -0.1) is 5.10 Å². The lowest BCUT2D eigenvalue weighted by atomic mass is 9.82. The number of hydrogen-bond donors (Lipinski definition) is 1. The Bertz CT molecular complexity index is 356. The molecular formula is C12H19N3OS. The van der Waals surface area contributed by atoms with Crippen LogP contribution in [0, 0.1) is 5.41 Å². The van der Waals surface area contributed by atoms with Gasteiger partial charge in [-0.2, -0.15) is 0 Å². The first-order valence-corrected chi connectivity index (χ1v) is 7.03. The van der Waals surface area contributed by atoms with Gasteiger partial charge in [-0.1, -0.05) is 37.1 Å². The molecule has 1 amide bonds. The molecule has 17 heavy (non-hydrogen) atoms. The number of hydrogen-bond acceptors (Lipinski definition) is 4. The van der Waals surface area contributed by atoms with Gasteiger partial charge in [0.05, 0.1) is 6.20 Å². The van der Waals surface area contributed by atoms with E-state index >= 15 is 0 Å². The zero-order valence-corrected chi connectivity index (χ0v) is 11.1. The van der Waals surface area contributed by atoms with Crippen molar-refractivity contribution < 1.29 is 4.79 Å².